The minimum absolute atomic E-state index is 0.0268. The van der Waals surface area contributed by atoms with Crippen LogP contribution in [-0.4, -0.2) is 27.0 Å². The van der Waals surface area contributed by atoms with Crippen LogP contribution in [0.3, 0.4) is 0 Å². The second-order valence-corrected chi connectivity index (χ2v) is 4.82. The number of fused-ring (bicyclic) bond motifs is 1. The fourth-order valence-electron chi connectivity index (χ4n) is 1.61. The third kappa shape index (κ3) is 2.20. The van der Waals surface area contributed by atoms with Crippen molar-refractivity contribution in [3.05, 3.63) is 23.7 Å². The molecule has 2 aromatic heterocycles. The lowest BCUT2D eigenvalue weighted by Gasteiger charge is -2.06. The molecule has 2 heterocycles. The van der Waals surface area contributed by atoms with Crippen molar-refractivity contribution in [2.24, 2.45) is 5.73 Å². The summed E-state index contributed by atoms with van der Waals surface area (Å²) in [6, 6.07) is 1.94. The maximum Gasteiger partial charge on any atom is 0.178 e. The maximum absolute atomic E-state index is 6.06. The Bertz CT molecular complexity index is 480. The zero-order valence-electron chi connectivity index (χ0n) is 9.53. The van der Waals surface area contributed by atoms with Crippen molar-refractivity contribution in [2.75, 3.05) is 12.0 Å². The van der Waals surface area contributed by atoms with E-state index in [-0.39, 0.29) is 6.04 Å². The number of aryl methyl sites for hydroxylation is 1. The van der Waals surface area contributed by atoms with Gasteiger partial charge < -0.3 is 10.7 Å². The van der Waals surface area contributed by atoms with Gasteiger partial charge in [-0.05, 0) is 37.0 Å². The Morgan fingerprint density at radius 1 is 1.56 bits per heavy atom. The number of nitrogens with one attached hydrogen (secondary N) is 1. The third-order valence-electron chi connectivity index (χ3n) is 2.60. The molecule has 0 aliphatic rings. The normalized spacial score (nSPS) is 13.2. The average Bonchev–Trinajstić information content (AvgIpc) is 2.71. The first-order valence-corrected chi connectivity index (χ1v) is 6.67. The molecule has 2 rings (SSSR count). The smallest absolute Gasteiger partial charge is 0.178 e. The molecule has 0 radical (unpaired) electrons. The predicted octanol–water partition coefficient (Wildman–Crippen LogP) is 2.02. The van der Waals surface area contributed by atoms with Crippen molar-refractivity contribution in [1.29, 1.82) is 0 Å². The summed E-state index contributed by atoms with van der Waals surface area (Å²) in [7, 11) is 0. The van der Waals surface area contributed by atoms with Gasteiger partial charge in [-0.3, -0.25) is 0 Å². The van der Waals surface area contributed by atoms with Crippen LogP contribution in [0.5, 0.6) is 0 Å². The molecule has 0 aliphatic carbocycles. The molecule has 0 saturated heterocycles. The standard InChI is InChI=1S/C11H16N4S/c1-7-3-5-13-11-9(7)14-10(15-11)8(12)4-6-16-2/h3,5,8H,4,6,12H2,1-2H3,(H,13,14,15). The number of nitrogens with zero attached hydrogens (tertiary/aromatic N) is 2. The quantitative estimate of drug-likeness (QED) is 0.852. The van der Waals surface area contributed by atoms with Crippen molar-refractivity contribution in [3.63, 3.8) is 0 Å². The molecule has 3 N–H and O–H groups in total. The Morgan fingerprint density at radius 2 is 2.38 bits per heavy atom. The van der Waals surface area contributed by atoms with Crippen LogP contribution in [0, 0.1) is 6.92 Å². The summed E-state index contributed by atoms with van der Waals surface area (Å²) in [5.74, 6) is 1.89. The number of aromatic amines is 1. The van der Waals surface area contributed by atoms with E-state index < -0.39 is 0 Å². The zero-order valence-corrected chi connectivity index (χ0v) is 10.3. The molecule has 5 heteroatoms. The number of nitrogens with two attached hydrogens (primary N) is 1. The summed E-state index contributed by atoms with van der Waals surface area (Å²) in [5, 5.41) is 0. The molecule has 16 heavy (non-hydrogen) atoms. The molecule has 0 amide bonds. The van der Waals surface area contributed by atoms with E-state index in [0.717, 1.165) is 34.7 Å². The Labute approximate surface area is 99.0 Å². The van der Waals surface area contributed by atoms with Gasteiger partial charge >= 0.3 is 0 Å². The van der Waals surface area contributed by atoms with E-state index in [1.807, 2.05) is 13.0 Å². The highest BCUT2D eigenvalue weighted by atomic mass is 32.2. The number of H-pyrrole nitrogens is 1. The highest BCUT2D eigenvalue weighted by molar-refractivity contribution is 7.98. The van der Waals surface area contributed by atoms with Crippen LogP contribution in [-0.2, 0) is 0 Å². The van der Waals surface area contributed by atoms with Gasteiger partial charge in [0.25, 0.3) is 0 Å². The fourth-order valence-corrected chi connectivity index (χ4v) is 2.10. The van der Waals surface area contributed by atoms with Crippen LogP contribution >= 0.6 is 11.8 Å². The van der Waals surface area contributed by atoms with E-state index in [1.54, 1.807) is 18.0 Å². The van der Waals surface area contributed by atoms with E-state index >= 15 is 0 Å². The van der Waals surface area contributed by atoms with Crippen LogP contribution in [0.15, 0.2) is 12.3 Å². The van der Waals surface area contributed by atoms with Gasteiger partial charge in [0.05, 0.1) is 11.6 Å². The molecule has 1 atom stereocenters. The largest absolute Gasteiger partial charge is 0.339 e. The van der Waals surface area contributed by atoms with Crippen molar-refractivity contribution in [2.45, 2.75) is 19.4 Å². The molecule has 0 saturated carbocycles. The lowest BCUT2D eigenvalue weighted by atomic mass is 10.2. The van der Waals surface area contributed by atoms with Crippen LogP contribution in [0.25, 0.3) is 11.2 Å². The summed E-state index contributed by atoms with van der Waals surface area (Å²) in [5.41, 5.74) is 8.97. The van der Waals surface area contributed by atoms with Gasteiger partial charge in [-0.25, -0.2) is 9.97 Å². The topological polar surface area (TPSA) is 67.6 Å². The second-order valence-electron chi connectivity index (χ2n) is 3.84. The number of hydrogen-bond donors (Lipinski definition) is 2. The van der Waals surface area contributed by atoms with Crippen molar-refractivity contribution in [3.8, 4) is 0 Å². The van der Waals surface area contributed by atoms with E-state index in [4.69, 9.17) is 5.73 Å². The first-order valence-electron chi connectivity index (χ1n) is 5.28. The maximum atomic E-state index is 6.06. The molecule has 2 aromatic rings. The number of rotatable bonds is 4. The van der Waals surface area contributed by atoms with E-state index in [2.05, 4.69) is 21.2 Å². The Morgan fingerprint density at radius 3 is 3.06 bits per heavy atom. The molecule has 0 fully saturated rings. The molecule has 1 unspecified atom stereocenters. The molecule has 0 aromatic carbocycles. The second kappa shape index (κ2) is 4.84. The zero-order chi connectivity index (χ0) is 11.5. The van der Waals surface area contributed by atoms with Crippen LogP contribution in [0.1, 0.15) is 23.9 Å². The van der Waals surface area contributed by atoms with Crippen molar-refractivity contribution >= 4 is 22.9 Å². The Balaban J connectivity index is 2.29. The van der Waals surface area contributed by atoms with Crippen molar-refractivity contribution in [1.82, 2.24) is 15.0 Å². The van der Waals surface area contributed by atoms with Gasteiger partial charge in [0.15, 0.2) is 5.65 Å². The lowest BCUT2D eigenvalue weighted by Crippen LogP contribution is -2.12. The van der Waals surface area contributed by atoms with Gasteiger partial charge in [0, 0.05) is 6.20 Å². The fraction of sp³-hybridized carbons (Fsp3) is 0.455. The van der Waals surface area contributed by atoms with Gasteiger partial charge in [-0.2, -0.15) is 11.8 Å². The average molecular weight is 236 g/mol. The number of thioether (sulfide) groups is 1. The Kier molecular flexibility index (Phi) is 3.46. The summed E-state index contributed by atoms with van der Waals surface area (Å²) in [6.07, 6.45) is 4.78. The predicted molar refractivity (Wildman–Crippen MR) is 68.6 cm³/mol. The van der Waals surface area contributed by atoms with E-state index in [0.29, 0.717) is 0 Å². The summed E-state index contributed by atoms with van der Waals surface area (Å²) < 4.78 is 0. The number of pyridine rings is 1. The highest BCUT2D eigenvalue weighted by Crippen LogP contribution is 2.18. The van der Waals surface area contributed by atoms with Gasteiger partial charge in [0.1, 0.15) is 5.82 Å². The molecule has 0 spiro atoms. The Hall–Kier alpha value is -1.07. The van der Waals surface area contributed by atoms with Crippen LogP contribution in [0.2, 0.25) is 0 Å². The summed E-state index contributed by atoms with van der Waals surface area (Å²) in [6.45, 7) is 2.04. The van der Waals surface area contributed by atoms with Crippen LogP contribution in [0.4, 0.5) is 0 Å². The first-order chi connectivity index (χ1) is 7.72. The molecular weight excluding hydrogens is 220 g/mol. The van der Waals surface area contributed by atoms with Crippen molar-refractivity contribution < 1.29 is 0 Å². The van der Waals surface area contributed by atoms with E-state index in [9.17, 15) is 0 Å². The minimum atomic E-state index is -0.0268. The third-order valence-corrected chi connectivity index (χ3v) is 3.25. The molecule has 0 bridgehead atoms. The van der Waals surface area contributed by atoms with Gasteiger partial charge in [0.2, 0.25) is 0 Å². The minimum Gasteiger partial charge on any atom is -0.339 e. The SMILES string of the molecule is CSCCC(N)c1nc2nccc(C)c2[nH]1. The first kappa shape index (κ1) is 11.4. The summed E-state index contributed by atoms with van der Waals surface area (Å²) in [4.78, 5) is 11.9. The number of hydrogen-bond acceptors (Lipinski definition) is 4. The lowest BCUT2D eigenvalue weighted by molar-refractivity contribution is 0.666. The monoisotopic (exact) mass is 236 g/mol. The molecular formula is C11H16N4S. The van der Waals surface area contributed by atoms with Crippen LogP contribution < -0.4 is 5.73 Å². The number of aromatic nitrogens is 3. The summed E-state index contributed by atoms with van der Waals surface area (Å²) >= 11 is 1.80. The van der Waals surface area contributed by atoms with E-state index in [1.165, 1.54) is 0 Å². The van der Waals surface area contributed by atoms with Gasteiger partial charge in [-0.1, -0.05) is 0 Å². The highest BCUT2D eigenvalue weighted by Gasteiger charge is 2.12. The molecule has 86 valence electrons. The molecule has 0 aliphatic heterocycles. The van der Waals surface area contributed by atoms with Gasteiger partial charge in [-0.15, -0.1) is 0 Å². The molecule has 4 nitrogen and oxygen atoms in total. The number of imidazole rings is 1.